The van der Waals surface area contributed by atoms with Gasteiger partial charge in [0.15, 0.2) is 5.78 Å². The number of rotatable bonds is 4. The second-order valence-electron chi connectivity index (χ2n) is 4.47. The van der Waals surface area contributed by atoms with Crippen molar-refractivity contribution in [2.75, 3.05) is 5.32 Å². The Morgan fingerprint density at radius 2 is 2.15 bits per heavy atom. The van der Waals surface area contributed by atoms with Gasteiger partial charge in [-0.05, 0) is 61.9 Å². The van der Waals surface area contributed by atoms with Crippen molar-refractivity contribution >= 4 is 35.0 Å². The van der Waals surface area contributed by atoms with E-state index < -0.39 is 0 Å². The predicted molar refractivity (Wildman–Crippen MR) is 83.4 cm³/mol. The number of halogens is 1. The second kappa shape index (κ2) is 6.35. The monoisotopic (exact) mass is 286 g/mol. The highest BCUT2D eigenvalue weighted by Gasteiger charge is 2.04. The van der Waals surface area contributed by atoms with Gasteiger partial charge in [-0.1, -0.05) is 11.6 Å². The van der Waals surface area contributed by atoms with Crippen LogP contribution in [-0.2, 0) is 4.79 Å². The van der Waals surface area contributed by atoms with E-state index in [2.05, 4.69) is 10.3 Å². The summed E-state index contributed by atoms with van der Waals surface area (Å²) in [6.45, 7) is 3.49. The van der Waals surface area contributed by atoms with Crippen LogP contribution in [0.15, 0.2) is 42.6 Å². The smallest absolute Gasteiger partial charge is 0.152 e. The molecule has 1 heterocycles. The number of carbonyl (C=O) groups excluding carboxylic acids is 1. The third kappa shape index (κ3) is 3.68. The summed E-state index contributed by atoms with van der Waals surface area (Å²) in [5.74, 6) is 0.706. The third-order valence-corrected chi connectivity index (χ3v) is 3.01. The lowest BCUT2D eigenvalue weighted by molar-refractivity contribution is -0.112. The minimum absolute atomic E-state index is 0.00229. The van der Waals surface area contributed by atoms with Crippen LogP contribution in [0.2, 0.25) is 5.02 Å². The van der Waals surface area contributed by atoms with Gasteiger partial charge in [0.2, 0.25) is 0 Å². The Morgan fingerprint density at radius 1 is 1.35 bits per heavy atom. The molecule has 4 heteroatoms. The molecule has 0 aliphatic heterocycles. The van der Waals surface area contributed by atoms with Gasteiger partial charge in [-0.3, -0.25) is 4.79 Å². The number of carbonyl (C=O) groups is 1. The Kier molecular flexibility index (Phi) is 4.53. The van der Waals surface area contributed by atoms with E-state index in [4.69, 9.17) is 11.6 Å². The molecule has 0 amide bonds. The molecule has 1 aromatic heterocycles. The number of ketones is 1. The van der Waals surface area contributed by atoms with Crippen molar-refractivity contribution in [3.63, 3.8) is 0 Å². The quantitative estimate of drug-likeness (QED) is 0.848. The van der Waals surface area contributed by atoms with E-state index in [1.807, 2.05) is 37.3 Å². The molecule has 0 spiro atoms. The van der Waals surface area contributed by atoms with Crippen LogP contribution in [0.3, 0.4) is 0 Å². The molecule has 0 fully saturated rings. The molecule has 0 radical (unpaired) electrons. The summed E-state index contributed by atoms with van der Waals surface area (Å²) in [6.07, 6.45) is 4.98. The number of benzene rings is 1. The van der Waals surface area contributed by atoms with Gasteiger partial charge in [0, 0.05) is 22.5 Å². The Hall–Kier alpha value is -2.13. The van der Waals surface area contributed by atoms with Crippen LogP contribution in [0.5, 0.6) is 0 Å². The van der Waals surface area contributed by atoms with Gasteiger partial charge in [0.25, 0.3) is 0 Å². The first-order valence-corrected chi connectivity index (χ1v) is 6.61. The normalized spacial score (nSPS) is 10.8. The number of allylic oxidation sites excluding steroid dienone is 1. The zero-order valence-corrected chi connectivity index (χ0v) is 12.1. The van der Waals surface area contributed by atoms with Gasteiger partial charge < -0.3 is 5.32 Å². The Balaban J connectivity index is 2.31. The van der Waals surface area contributed by atoms with E-state index >= 15 is 0 Å². The zero-order chi connectivity index (χ0) is 14.5. The number of nitrogens with one attached hydrogen (secondary N) is 1. The molecule has 2 rings (SSSR count). The summed E-state index contributed by atoms with van der Waals surface area (Å²) < 4.78 is 0. The zero-order valence-electron chi connectivity index (χ0n) is 11.4. The molecule has 0 unspecified atom stereocenters. The largest absolute Gasteiger partial charge is 0.340 e. The Morgan fingerprint density at radius 3 is 2.85 bits per heavy atom. The second-order valence-corrected chi connectivity index (χ2v) is 4.91. The molecule has 102 valence electrons. The number of nitrogens with zero attached hydrogens (tertiary/aromatic N) is 1. The molecule has 0 aliphatic rings. The lowest BCUT2D eigenvalue weighted by Crippen LogP contribution is -1.98. The molecular weight excluding hydrogens is 272 g/mol. The number of aryl methyl sites for hydroxylation is 1. The summed E-state index contributed by atoms with van der Waals surface area (Å²) in [5, 5.41) is 3.96. The topological polar surface area (TPSA) is 42.0 Å². The molecule has 0 bridgehead atoms. The first kappa shape index (κ1) is 14.3. The minimum atomic E-state index is 0.00229. The van der Waals surface area contributed by atoms with Crippen LogP contribution in [0.25, 0.3) is 6.08 Å². The van der Waals surface area contributed by atoms with Crippen LogP contribution in [-0.4, -0.2) is 10.8 Å². The molecule has 1 N–H and O–H groups in total. The van der Waals surface area contributed by atoms with E-state index in [1.54, 1.807) is 12.3 Å². The van der Waals surface area contributed by atoms with Crippen molar-refractivity contribution in [1.82, 2.24) is 4.98 Å². The standard InChI is InChI=1S/C16H15ClN2O/c1-11-10-14(17)7-8-15(11)19-16-13(4-3-9-18-16)6-5-12(2)20/h3-10H,1-2H3,(H,18,19)/b6-5+. The summed E-state index contributed by atoms with van der Waals surface area (Å²) >= 11 is 5.94. The summed E-state index contributed by atoms with van der Waals surface area (Å²) in [5.41, 5.74) is 2.83. The number of pyridine rings is 1. The lowest BCUT2D eigenvalue weighted by atomic mass is 10.1. The lowest BCUT2D eigenvalue weighted by Gasteiger charge is -2.11. The fourth-order valence-electron chi connectivity index (χ4n) is 1.76. The van der Waals surface area contributed by atoms with E-state index in [1.165, 1.54) is 13.0 Å². The average Bonchev–Trinajstić information content (AvgIpc) is 2.41. The molecule has 1 aromatic carbocycles. The van der Waals surface area contributed by atoms with Crippen LogP contribution >= 0.6 is 11.6 Å². The molecule has 2 aromatic rings. The molecule has 0 aliphatic carbocycles. The maximum absolute atomic E-state index is 11.0. The van der Waals surface area contributed by atoms with Gasteiger partial charge in [-0.25, -0.2) is 4.98 Å². The van der Waals surface area contributed by atoms with Gasteiger partial charge in [-0.15, -0.1) is 0 Å². The van der Waals surface area contributed by atoms with Crippen molar-refractivity contribution in [2.24, 2.45) is 0 Å². The van der Waals surface area contributed by atoms with Gasteiger partial charge in [-0.2, -0.15) is 0 Å². The minimum Gasteiger partial charge on any atom is -0.340 e. The fourth-order valence-corrected chi connectivity index (χ4v) is 1.99. The number of aromatic nitrogens is 1. The summed E-state index contributed by atoms with van der Waals surface area (Å²) in [6, 6.07) is 9.35. The SMILES string of the molecule is CC(=O)/C=C/c1cccnc1Nc1ccc(Cl)cc1C. The van der Waals surface area contributed by atoms with Crippen molar-refractivity contribution in [3.8, 4) is 0 Å². The van der Waals surface area contributed by atoms with Crippen LogP contribution in [0.4, 0.5) is 11.5 Å². The fraction of sp³-hybridized carbons (Fsp3) is 0.125. The highest BCUT2D eigenvalue weighted by atomic mass is 35.5. The van der Waals surface area contributed by atoms with E-state index in [-0.39, 0.29) is 5.78 Å². The molecule has 3 nitrogen and oxygen atoms in total. The molecule has 0 saturated carbocycles. The predicted octanol–water partition coefficient (Wildman–Crippen LogP) is 4.39. The molecule has 0 atom stereocenters. The third-order valence-electron chi connectivity index (χ3n) is 2.78. The van der Waals surface area contributed by atoms with E-state index in [0.717, 1.165) is 16.8 Å². The van der Waals surface area contributed by atoms with Crippen LogP contribution in [0.1, 0.15) is 18.1 Å². The first-order chi connectivity index (χ1) is 9.56. The number of hydrogen-bond acceptors (Lipinski definition) is 3. The Bertz CT molecular complexity index is 665. The molecule has 20 heavy (non-hydrogen) atoms. The Labute approximate surface area is 123 Å². The van der Waals surface area contributed by atoms with Crippen LogP contribution < -0.4 is 5.32 Å². The maximum atomic E-state index is 11.0. The number of hydrogen-bond donors (Lipinski definition) is 1. The maximum Gasteiger partial charge on any atom is 0.152 e. The van der Waals surface area contributed by atoms with Gasteiger partial charge >= 0.3 is 0 Å². The molecular formula is C16H15ClN2O. The van der Waals surface area contributed by atoms with E-state index in [9.17, 15) is 4.79 Å². The molecule has 0 saturated heterocycles. The van der Waals surface area contributed by atoms with Gasteiger partial charge in [0.1, 0.15) is 5.82 Å². The van der Waals surface area contributed by atoms with Crippen molar-refractivity contribution in [1.29, 1.82) is 0 Å². The van der Waals surface area contributed by atoms with E-state index in [0.29, 0.717) is 10.8 Å². The highest BCUT2D eigenvalue weighted by Crippen LogP contribution is 2.24. The summed E-state index contributed by atoms with van der Waals surface area (Å²) in [7, 11) is 0. The average molecular weight is 287 g/mol. The number of anilines is 2. The van der Waals surface area contributed by atoms with Crippen LogP contribution in [0, 0.1) is 6.92 Å². The summed E-state index contributed by atoms with van der Waals surface area (Å²) in [4.78, 5) is 15.3. The van der Waals surface area contributed by atoms with Crippen molar-refractivity contribution < 1.29 is 4.79 Å². The van der Waals surface area contributed by atoms with Crippen molar-refractivity contribution in [2.45, 2.75) is 13.8 Å². The van der Waals surface area contributed by atoms with Gasteiger partial charge in [0.05, 0.1) is 0 Å². The first-order valence-electron chi connectivity index (χ1n) is 6.23. The highest BCUT2D eigenvalue weighted by molar-refractivity contribution is 6.30. The van der Waals surface area contributed by atoms with Crippen molar-refractivity contribution in [3.05, 3.63) is 58.8 Å².